The summed E-state index contributed by atoms with van der Waals surface area (Å²) in [6.07, 6.45) is 0. The summed E-state index contributed by atoms with van der Waals surface area (Å²) in [6.45, 7) is 3.01. The summed E-state index contributed by atoms with van der Waals surface area (Å²) in [5.74, 6) is -0.938. The number of rotatable bonds is 0. The number of hydrogen-bond acceptors (Lipinski definition) is 4. The SMILES string of the molecule is Cc1ccc2c(c1)C1(CNS2(=O)=O)OCCO1. The highest BCUT2D eigenvalue weighted by Crippen LogP contribution is 2.38. The Balaban J connectivity index is 2.25. The van der Waals surface area contributed by atoms with Crippen LogP contribution in [0, 0.1) is 6.92 Å². The molecule has 1 aromatic carbocycles. The van der Waals surface area contributed by atoms with E-state index in [1.807, 2.05) is 13.0 Å². The lowest BCUT2D eigenvalue weighted by Gasteiger charge is -2.33. The molecule has 0 aromatic heterocycles. The zero-order valence-corrected chi connectivity index (χ0v) is 10.2. The van der Waals surface area contributed by atoms with Gasteiger partial charge in [0.25, 0.3) is 0 Å². The molecule has 1 saturated heterocycles. The summed E-state index contributed by atoms with van der Waals surface area (Å²) < 4.78 is 37.5. The molecule has 0 radical (unpaired) electrons. The molecule has 2 aliphatic rings. The molecule has 0 amide bonds. The highest BCUT2D eigenvalue weighted by molar-refractivity contribution is 7.89. The summed E-state index contributed by atoms with van der Waals surface area (Å²) in [7, 11) is -3.43. The van der Waals surface area contributed by atoms with E-state index in [2.05, 4.69) is 4.72 Å². The van der Waals surface area contributed by atoms with Crippen molar-refractivity contribution in [3.05, 3.63) is 29.3 Å². The van der Waals surface area contributed by atoms with Gasteiger partial charge in [0.1, 0.15) is 0 Å². The summed E-state index contributed by atoms with van der Waals surface area (Å²) in [5.41, 5.74) is 1.59. The molecular weight excluding hydrogens is 242 g/mol. The quantitative estimate of drug-likeness (QED) is 0.732. The minimum Gasteiger partial charge on any atom is -0.342 e. The van der Waals surface area contributed by atoms with E-state index in [4.69, 9.17) is 9.47 Å². The van der Waals surface area contributed by atoms with Crippen LogP contribution >= 0.6 is 0 Å². The first-order valence-electron chi connectivity index (χ1n) is 5.42. The Morgan fingerprint density at radius 1 is 1.29 bits per heavy atom. The Hall–Kier alpha value is -0.950. The maximum atomic E-state index is 11.9. The Morgan fingerprint density at radius 2 is 2.00 bits per heavy atom. The van der Waals surface area contributed by atoms with E-state index in [0.29, 0.717) is 18.8 Å². The van der Waals surface area contributed by atoms with Crippen molar-refractivity contribution in [2.45, 2.75) is 17.6 Å². The minimum atomic E-state index is -3.43. The fraction of sp³-hybridized carbons (Fsp3) is 0.455. The van der Waals surface area contributed by atoms with Gasteiger partial charge in [-0.05, 0) is 19.1 Å². The summed E-state index contributed by atoms with van der Waals surface area (Å²) in [6, 6.07) is 5.18. The third-order valence-corrected chi connectivity index (χ3v) is 4.54. The fourth-order valence-corrected chi connectivity index (χ4v) is 3.54. The molecule has 17 heavy (non-hydrogen) atoms. The number of aryl methyl sites for hydroxylation is 1. The van der Waals surface area contributed by atoms with Gasteiger partial charge < -0.3 is 9.47 Å². The van der Waals surface area contributed by atoms with Crippen LogP contribution in [0.15, 0.2) is 23.1 Å². The molecule has 0 atom stereocenters. The lowest BCUT2D eigenvalue weighted by Crippen LogP contribution is -2.47. The predicted molar refractivity (Wildman–Crippen MR) is 59.9 cm³/mol. The summed E-state index contributed by atoms with van der Waals surface area (Å²) in [5, 5.41) is 0. The van der Waals surface area contributed by atoms with Crippen molar-refractivity contribution in [3.8, 4) is 0 Å². The van der Waals surface area contributed by atoms with E-state index in [0.717, 1.165) is 5.56 Å². The van der Waals surface area contributed by atoms with Crippen LogP contribution in [-0.2, 0) is 25.3 Å². The molecule has 1 spiro atoms. The van der Waals surface area contributed by atoms with E-state index in [1.165, 1.54) is 0 Å². The highest BCUT2D eigenvalue weighted by atomic mass is 32.2. The average Bonchev–Trinajstić information content (AvgIpc) is 2.74. The highest BCUT2D eigenvalue weighted by Gasteiger charge is 2.46. The monoisotopic (exact) mass is 255 g/mol. The second kappa shape index (κ2) is 3.52. The van der Waals surface area contributed by atoms with Crippen LogP contribution in [-0.4, -0.2) is 28.2 Å². The van der Waals surface area contributed by atoms with Crippen molar-refractivity contribution < 1.29 is 17.9 Å². The lowest BCUT2D eigenvalue weighted by molar-refractivity contribution is -0.162. The molecular formula is C11H13NO4S. The number of ether oxygens (including phenoxy) is 2. The topological polar surface area (TPSA) is 64.6 Å². The van der Waals surface area contributed by atoms with E-state index in [1.54, 1.807) is 12.1 Å². The Morgan fingerprint density at radius 3 is 2.71 bits per heavy atom. The van der Waals surface area contributed by atoms with E-state index < -0.39 is 15.8 Å². The van der Waals surface area contributed by atoms with Crippen LogP contribution in [0.25, 0.3) is 0 Å². The third-order valence-electron chi connectivity index (χ3n) is 3.08. The van der Waals surface area contributed by atoms with Crippen molar-refractivity contribution in [2.24, 2.45) is 0 Å². The van der Waals surface area contributed by atoms with Gasteiger partial charge in [-0.25, -0.2) is 13.1 Å². The number of sulfonamides is 1. The molecule has 1 N–H and O–H groups in total. The van der Waals surface area contributed by atoms with Gasteiger partial charge in [-0.15, -0.1) is 0 Å². The maximum Gasteiger partial charge on any atom is 0.241 e. The van der Waals surface area contributed by atoms with Gasteiger partial charge in [0.2, 0.25) is 15.8 Å². The molecule has 0 bridgehead atoms. The van der Waals surface area contributed by atoms with E-state index in [9.17, 15) is 8.42 Å². The zero-order valence-electron chi connectivity index (χ0n) is 9.39. The van der Waals surface area contributed by atoms with Crippen LogP contribution in [0.4, 0.5) is 0 Å². The van der Waals surface area contributed by atoms with Crippen molar-refractivity contribution in [2.75, 3.05) is 19.8 Å². The van der Waals surface area contributed by atoms with Crippen LogP contribution in [0.5, 0.6) is 0 Å². The first kappa shape index (κ1) is 11.2. The van der Waals surface area contributed by atoms with Gasteiger partial charge in [0.05, 0.1) is 24.7 Å². The summed E-state index contributed by atoms with van der Waals surface area (Å²) in [4.78, 5) is 0.247. The molecule has 2 heterocycles. The normalized spacial score (nSPS) is 24.8. The summed E-state index contributed by atoms with van der Waals surface area (Å²) >= 11 is 0. The van der Waals surface area contributed by atoms with Crippen molar-refractivity contribution in [3.63, 3.8) is 0 Å². The molecule has 0 saturated carbocycles. The third kappa shape index (κ3) is 1.60. The second-order valence-corrected chi connectivity index (χ2v) is 6.01. The minimum absolute atomic E-state index is 0.131. The van der Waals surface area contributed by atoms with Crippen LogP contribution in [0.3, 0.4) is 0 Å². The van der Waals surface area contributed by atoms with E-state index >= 15 is 0 Å². The lowest BCUT2D eigenvalue weighted by atomic mass is 10.0. The number of benzene rings is 1. The van der Waals surface area contributed by atoms with Gasteiger partial charge >= 0.3 is 0 Å². The molecule has 92 valence electrons. The molecule has 5 nitrogen and oxygen atoms in total. The van der Waals surface area contributed by atoms with Crippen LogP contribution < -0.4 is 4.72 Å². The largest absolute Gasteiger partial charge is 0.342 e. The van der Waals surface area contributed by atoms with Gasteiger partial charge in [0, 0.05) is 5.56 Å². The Bertz CT molecular complexity index is 561. The predicted octanol–water partition coefficient (Wildman–Crippen LogP) is 0.487. The van der Waals surface area contributed by atoms with E-state index in [-0.39, 0.29) is 11.4 Å². The zero-order chi connectivity index (χ0) is 12.1. The fourth-order valence-electron chi connectivity index (χ4n) is 2.25. The smallest absolute Gasteiger partial charge is 0.241 e. The first-order chi connectivity index (χ1) is 8.04. The molecule has 1 aromatic rings. The molecule has 0 unspecified atom stereocenters. The number of fused-ring (bicyclic) bond motifs is 2. The maximum absolute atomic E-state index is 11.9. The Labute approximate surface area is 99.8 Å². The Kier molecular flexibility index (Phi) is 2.31. The van der Waals surface area contributed by atoms with Gasteiger partial charge in [-0.1, -0.05) is 11.6 Å². The van der Waals surface area contributed by atoms with Gasteiger partial charge in [-0.2, -0.15) is 0 Å². The molecule has 0 aliphatic carbocycles. The molecule has 1 fully saturated rings. The number of hydrogen-bond donors (Lipinski definition) is 1. The molecule has 2 aliphatic heterocycles. The first-order valence-corrected chi connectivity index (χ1v) is 6.91. The molecule has 6 heteroatoms. The van der Waals surface area contributed by atoms with Gasteiger partial charge in [0.15, 0.2) is 0 Å². The average molecular weight is 255 g/mol. The van der Waals surface area contributed by atoms with Crippen LogP contribution in [0.1, 0.15) is 11.1 Å². The molecule has 3 rings (SSSR count). The van der Waals surface area contributed by atoms with Crippen molar-refractivity contribution in [1.29, 1.82) is 0 Å². The standard InChI is InChI=1S/C11H13NO4S/c1-8-2-3-10-9(6-8)11(15-4-5-16-11)7-12-17(10,13)14/h2-3,6,12H,4-5,7H2,1H3. The van der Waals surface area contributed by atoms with Crippen molar-refractivity contribution >= 4 is 10.0 Å². The second-order valence-electron chi connectivity index (χ2n) is 4.27. The van der Waals surface area contributed by atoms with Gasteiger partial charge in [-0.3, -0.25) is 0 Å². The van der Waals surface area contributed by atoms with Crippen LogP contribution in [0.2, 0.25) is 0 Å². The number of nitrogens with one attached hydrogen (secondary N) is 1. The van der Waals surface area contributed by atoms with Crippen molar-refractivity contribution in [1.82, 2.24) is 4.72 Å².